The summed E-state index contributed by atoms with van der Waals surface area (Å²) in [7, 11) is 4.93. The molecule has 1 saturated carbocycles. The van der Waals surface area contributed by atoms with E-state index >= 15 is 9.59 Å². The monoisotopic (exact) mass is 1250 g/mol. The lowest BCUT2D eigenvalue weighted by Gasteiger charge is -2.65. The normalized spacial score (nSPS) is 32.1. The van der Waals surface area contributed by atoms with Crippen molar-refractivity contribution in [2.45, 2.75) is 167 Å². The number of nitrogens with zero attached hydrogens (tertiary/aromatic N) is 4. The number of carbonyl (C=O) groups is 6. The lowest BCUT2D eigenvalue weighted by molar-refractivity contribution is -0.214. The number of anilines is 1. The van der Waals surface area contributed by atoms with Crippen LogP contribution in [0.15, 0.2) is 48.6 Å². The quantitative estimate of drug-likeness (QED) is 0.0203. The van der Waals surface area contributed by atoms with Gasteiger partial charge in [0.15, 0.2) is 8.32 Å². The third kappa shape index (κ3) is 10.9. The second-order valence-electron chi connectivity index (χ2n) is 26.4. The number of esters is 3. The number of likely N-dealkylation sites (tertiary alicyclic amines) is 1. The third-order valence-corrected chi connectivity index (χ3v) is 27.6. The van der Waals surface area contributed by atoms with E-state index in [-0.39, 0.29) is 74.8 Å². The Labute approximate surface area is 522 Å². The molecule has 5 fully saturated rings. The van der Waals surface area contributed by atoms with Crippen LogP contribution in [0.5, 0.6) is 5.75 Å². The predicted octanol–water partition coefficient (Wildman–Crippen LogP) is 6.30. The summed E-state index contributed by atoms with van der Waals surface area (Å²) >= 11 is 1.28. The molecule has 480 valence electrons. The van der Waals surface area contributed by atoms with Gasteiger partial charge < -0.3 is 53.5 Å². The van der Waals surface area contributed by atoms with Crippen molar-refractivity contribution in [3.05, 3.63) is 70.9 Å². The van der Waals surface area contributed by atoms with Crippen LogP contribution in [-0.4, -0.2) is 209 Å². The van der Waals surface area contributed by atoms with Gasteiger partial charge >= 0.3 is 17.9 Å². The SMILES string of the molecule is CC[C@]1(O)CC2CN(CCc3c([nH]c4ccccc34)[C@@](C(=O)OC)(c3cc4c(cc3OC)N(C)[C@H]3[C@@](O)(C(=O)OC)[C@H](O[Si]5(CCCCC(=O)NCCOCCN6C(=O)CC(SCCC(=O)OC)C6=O)CCCCC5)[C@]5(CC)C=CCN6CC[C@]43[C@@H]65)C2)C1. The zero-order chi connectivity index (χ0) is 62.4. The molecule has 8 aliphatic rings. The number of unbranched alkanes of at least 4 members (excludes halogenated alkanes) is 1. The van der Waals surface area contributed by atoms with Crippen LogP contribution in [-0.2, 0) is 69.4 Å². The molecule has 3 unspecified atom stereocenters. The molecule has 0 radical (unpaired) electrons. The highest BCUT2D eigenvalue weighted by atomic mass is 32.2. The molecule has 4 saturated heterocycles. The van der Waals surface area contributed by atoms with E-state index in [9.17, 15) is 29.4 Å². The molecule has 11 rings (SSSR count). The Bertz CT molecular complexity index is 3170. The maximum atomic E-state index is 15.7. The van der Waals surface area contributed by atoms with Crippen molar-refractivity contribution < 1.29 is 67.1 Å². The topological polar surface area (TPSA) is 239 Å². The standard InChI is InChI=1S/C66H92N6O14SSi/c1-8-62(79)39-43-40-65(60(77)83-6,55-45(21-27-70(41-43)42-62)44-18-11-12-19-48(44)68-55)47-36-46-49(37-50(47)81-4)69(3)58-64(46)24-28-71-26-17-23-63(9-2,57(64)71)59(66(58,80)61(78)84-7)86-88(33-14-10-15-34-88)35-16-13-20-52(73)67-25-30-85-31-29-72-53(74)38-51(56(72)76)87-32-22-54(75)82-5/h11-12,17-19,23,36-37,43,51,57-59,68,79-80H,8-10,13-16,20-22,24-35,38-42H2,1-7H3,(H,67,73)/t43?,51?,57-,58+,59+,62-,63+,64+,65-,66-/m0/s1. The van der Waals surface area contributed by atoms with Gasteiger partial charge in [0.25, 0.3) is 0 Å². The molecule has 11 atom stereocenters. The fourth-order valence-electron chi connectivity index (χ4n) is 18.0. The number of aromatic nitrogens is 1. The first-order valence-electron chi connectivity index (χ1n) is 32.2. The molecule has 1 spiro atoms. The largest absolute Gasteiger partial charge is 0.496 e. The van der Waals surface area contributed by atoms with Gasteiger partial charge in [-0.3, -0.25) is 38.7 Å². The molecule has 88 heavy (non-hydrogen) atoms. The highest BCUT2D eigenvalue weighted by Crippen LogP contribution is 2.69. The molecular formula is C66H92N6O14SSi. The molecule has 20 nitrogen and oxygen atoms in total. The number of hydrogen-bond donors (Lipinski definition) is 4. The number of amides is 3. The zero-order valence-corrected chi connectivity index (χ0v) is 54.4. The first-order chi connectivity index (χ1) is 42.4. The molecule has 3 amide bonds. The molecule has 22 heteroatoms. The van der Waals surface area contributed by atoms with Gasteiger partial charge in [-0.2, -0.15) is 0 Å². The van der Waals surface area contributed by atoms with Crippen molar-refractivity contribution >= 4 is 72.3 Å². The fourth-order valence-corrected chi connectivity index (χ4v) is 23.7. The number of ether oxygens (including phenoxy) is 5. The number of rotatable bonds is 23. The highest BCUT2D eigenvalue weighted by molar-refractivity contribution is 8.00. The minimum atomic E-state index is -2.80. The first kappa shape index (κ1) is 64.2. The summed E-state index contributed by atoms with van der Waals surface area (Å²) in [6.07, 6.45) is 11.5. The molecular weight excluding hydrogens is 1160 g/mol. The van der Waals surface area contributed by atoms with Gasteiger partial charge in [-0.25, -0.2) is 4.79 Å². The van der Waals surface area contributed by atoms with Crippen molar-refractivity contribution in [1.82, 2.24) is 25.0 Å². The Morgan fingerprint density at radius 3 is 2.41 bits per heavy atom. The summed E-state index contributed by atoms with van der Waals surface area (Å²) < 4.78 is 36.9. The first-order valence-corrected chi connectivity index (χ1v) is 35.8. The molecule has 1 aromatic heterocycles. The number of nitrogens with one attached hydrogen (secondary N) is 2. The lowest BCUT2D eigenvalue weighted by atomic mass is 9.47. The second kappa shape index (κ2) is 25.7. The van der Waals surface area contributed by atoms with Crippen molar-refractivity contribution in [1.29, 1.82) is 0 Å². The van der Waals surface area contributed by atoms with E-state index in [1.165, 1.54) is 38.0 Å². The van der Waals surface area contributed by atoms with Gasteiger partial charge in [0, 0.05) is 109 Å². The number of para-hydroxylation sites is 1. The van der Waals surface area contributed by atoms with E-state index < -0.39 is 65.1 Å². The van der Waals surface area contributed by atoms with Crippen molar-refractivity contribution in [2.75, 3.05) is 105 Å². The van der Waals surface area contributed by atoms with Gasteiger partial charge in [-0.1, -0.05) is 69.9 Å². The number of fused-ring (bicyclic) bond motifs is 6. The van der Waals surface area contributed by atoms with E-state index in [1.807, 2.05) is 32.2 Å². The Kier molecular flexibility index (Phi) is 18.8. The van der Waals surface area contributed by atoms with E-state index in [0.29, 0.717) is 101 Å². The Morgan fingerprint density at radius 1 is 0.886 bits per heavy atom. The van der Waals surface area contributed by atoms with Crippen LogP contribution in [0.2, 0.25) is 18.1 Å². The molecule has 2 aromatic carbocycles. The number of hydrogen-bond acceptors (Lipinski definition) is 18. The fraction of sp³-hybridized carbons (Fsp3) is 0.667. The summed E-state index contributed by atoms with van der Waals surface area (Å²) in [5.74, 6) is -1.47. The Morgan fingerprint density at radius 2 is 1.67 bits per heavy atom. The lowest BCUT2D eigenvalue weighted by Crippen LogP contribution is -2.82. The number of H-pyrrole nitrogens is 1. The van der Waals surface area contributed by atoms with Gasteiger partial charge in [-0.15, -0.1) is 11.8 Å². The van der Waals surface area contributed by atoms with Gasteiger partial charge in [0.2, 0.25) is 23.3 Å². The molecule has 3 aromatic rings. The zero-order valence-electron chi connectivity index (χ0n) is 52.6. The smallest absolute Gasteiger partial charge is 0.342 e. The van der Waals surface area contributed by atoms with E-state index in [1.54, 1.807) is 7.11 Å². The van der Waals surface area contributed by atoms with Gasteiger partial charge in [-0.05, 0) is 98.8 Å². The number of piperidine rings is 1. The van der Waals surface area contributed by atoms with E-state index in [2.05, 4.69) is 67.0 Å². The Hall–Kier alpha value is -5.33. The average molecular weight is 1250 g/mol. The maximum absolute atomic E-state index is 15.7. The van der Waals surface area contributed by atoms with Crippen LogP contribution in [0.1, 0.15) is 120 Å². The van der Waals surface area contributed by atoms with Crippen molar-refractivity contribution in [3.8, 4) is 5.75 Å². The average Bonchev–Trinajstić information content (AvgIpc) is 1.43. The van der Waals surface area contributed by atoms with Gasteiger partial charge in [0.1, 0.15) is 11.2 Å². The van der Waals surface area contributed by atoms with Crippen molar-refractivity contribution in [2.24, 2.45) is 11.3 Å². The summed E-state index contributed by atoms with van der Waals surface area (Å²) in [5, 5.41) is 30.1. The summed E-state index contributed by atoms with van der Waals surface area (Å²) in [6, 6.07) is 13.7. The van der Waals surface area contributed by atoms with E-state index in [4.69, 9.17) is 23.4 Å². The van der Waals surface area contributed by atoms with Gasteiger partial charge in [0.05, 0.1) is 77.6 Å². The Balaban J connectivity index is 0.876. The minimum absolute atomic E-state index is 0.0824. The number of thioether (sulfide) groups is 1. The molecule has 4 N–H and O–H groups in total. The molecule has 8 heterocycles. The van der Waals surface area contributed by atoms with Crippen LogP contribution < -0.4 is 15.0 Å². The molecule has 1 aliphatic carbocycles. The summed E-state index contributed by atoms with van der Waals surface area (Å²) in [4.78, 5) is 93.5. The number of carbonyl (C=O) groups excluding carboxylic acids is 6. The number of likely N-dealkylation sites (N-methyl/N-ethyl adjacent to an activating group) is 1. The van der Waals surface area contributed by atoms with Crippen LogP contribution in [0.3, 0.4) is 0 Å². The number of benzene rings is 2. The predicted molar refractivity (Wildman–Crippen MR) is 336 cm³/mol. The number of methoxy groups -OCH3 is 4. The summed E-state index contributed by atoms with van der Waals surface area (Å²) in [6.45, 7) is 8.21. The third-order valence-electron chi connectivity index (χ3n) is 21.8. The maximum Gasteiger partial charge on any atom is 0.342 e. The van der Waals surface area contributed by atoms with E-state index in [0.717, 1.165) is 77.2 Å². The number of aromatic amines is 1. The molecule has 7 aliphatic heterocycles. The summed E-state index contributed by atoms with van der Waals surface area (Å²) in [5.41, 5.74) is -1.34. The minimum Gasteiger partial charge on any atom is -0.496 e. The number of aliphatic hydroxyl groups is 2. The van der Waals surface area contributed by atoms with Crippen LogP contribution >= 0.6 is 11.8 Å². The number of imide groups is 1. The van der Waals surface area contributed by atoms with Crippen LogP contribution in [0.25, 0.3) is 10.9 Å². The highest BCUT2D eigenvalue weighted by Gasteiger charge is 2.80. The second-order valence-corrected chi connectivity index (χ2v) is 31.8. The van der Waals surface area contributed by atoms with Crippen LogP contribution in [0.4, 0.5) is 5.69 Å². The van der Waals surface area contributed by atoms with Crippen LogP contribution in [0, 0.1) is 11.3 Å². The van der Waals surface area contributed by atoms with Crippen molar-refractivity contribution in [3.63, 3.8) is 0 Å². The molecule has 2 bridgehead atoms.